The molecule has 174 valence electrons. The van der Waals surface area contributed by atoms with E-state index in [0.29, 0.717) is 29.4 Å². The molecule has 0 saturated carbocycles. The van der Waals surface area contributed by atoms with Crippen LogP contribution in [0.15, 0.2) is 36.5 Å². The van der Waals surface area contributed by atoms with Crippen LogP contribution in [0.2, 0.25) is 10.0 Å². The Hall–Kier alpha value is -2.12. The number of imidazole rings is 1. The number of aliphatic hydroxyl groups is 1. The predicted octanol–water partition coefficient (Wildman–Crippen LogP) is 5.30. The van der Waals surface area contributed by atoms with E-state index < -0.39 is 11.9 Å². The number of nitrogens with zero attached hydrogens (tertiary/aromatic N) is 3. The zero-order valence-corrected chi connectivity index (χ0v) is 20.1. The minimum atomic E-state index is -0.457. The summed E-state index contributed by atoms with van der Waals surface area (Å²) < 4.78 is 23.3. The number of hydrogen-bond donors (Lipinski definition) is 1. The number of benzene rings is 2. The quantitative estimate of drug-likeness (QED) is 0.528. The van der Waals surface area contributed by atoms with Gasteiger partial charge in [-0.3, -0.25) is 4.90 Å². The third kappa shape index (κ3) is 4.26. The second-order valence-electron chi connectivity index (χ2n) is 8.84. The monoisotopic (exact) mass is 489 g/mol. The lowest BCUT2D eigenvalue weighted by atomic mass is 10.1. The Labute approximate surface area is 202 Å². The minimum Gasteiger partial charge on any atom is -0.481 e. The molecule has 3 atom stereocenters. The molecule has 5 nitrogen and oxygen atoms in total. The topological polar surface area (TPSA) is 50.5 Å². The molecule has 2 heterocycles. The third-order valence-electron chi connectivity index (χ3n) is 6.59. The summed E-state index contributed by atoms with van der Waals surface area (Å²) in [5.74, 6) is 0.633. The average Bonchev–Trinajstić information content (AvgIpc) is 3.47. The van der Waals surface area contributed by atoms with Crippen molar-refractivity contribution in [3.63, 3.8) is 0 Å². The minimum absolute atomic E-state index is 0.0714. The molecule has 1 N–H and O–H groups in total. The van der Waals surface area contributed by atoms with Crippen LogP contribution in [0.1, 0.15) is 42.1 Å². The van der Waals surface area contributed by atoms with Crippen LogP contribution < -0.4 is 4.74 Å². The molecule has 1 aliphatic carbocycles. The largest absolute Gasteiger partial charge is 0.481 e. The van der Waals surface area contributed by atoms with Gasteiger partial charge in [0.1, 0.15) is 11.9 Å². The maximum absolute atomic E-state index is 15.0. The fourth-order valence-corrected chi connectivity index (χ4v) is 5.62. The molecule has 33 heavy (non-hydrogen) atoms. The highest BCUT2D eigenvalue weighted by Crippen LogP contribution is 2.44. The number of aliphatic hydroxyl groups excluding tert-OH is 1. The zero-order valence-electron chi connectivity index (χ0n) is 18.6. The number of rotatable bonds is 5. The molecule has 2 aliphatic rings. The smallest absolute Gasteiger partial charge is 0.165 e. The molecule has 1 saturated heterocycles. The molecule has 0 amide bonds. The summed E-state index contributed by atoms with van der Waals surface area (Å²) in [7, 11) is 0. The second-order valence-corrected chi connectivity index (χ2v) is 9.68. The number of β-amino-alcohol motifs (C(OH)–C–C–N with tert-alkyl or cyclic N) is 1. The van der Waals surface area contributed by atoms with Gasteiger partial charge < -0.3 is 14.4 Å². The fraction of sp³-hybridized carbons (Fsp3) is 0.400. The van der Waals surface area contributed by atoms with Gasteiger partial charge in [0, 0.05) is 47.4 Å². The zero-order chi connectivity index (χ0) is 23.3. The van der Waals surface area contributed by atoms with Gasteiger partial charge in [-0.1, -0.05) is 30.1 Å². The van der Waals surface area contributed by atoms with Crippen molar-refractivity contribution in [1.29, 1.82) is 0 Å². The van der Waals surface area contributed by atoms with E-state index in [4.69, 9.17) is 27.9 Å². The standard InChI is InChI=1S/C25H26Cl2FN3O2/c1-3-24-29-14(2)12-31(24)16-4-5-21(28)23(10-16)33-25-19-8-15(26)9-20(27)18(19)11-22(25)30-7-6-17(32)13-30/h4-5,8-10,12,17,22,25,32H,3,6-7,11,13H2,1-2H3/t17?,22-,25-/m0/s1. The number of aromatic nitrogens is 2. The van der Waals surface area contributed by atoms with Crippen molar-refractivity contribution < 1.29 is 14.2 Å². The summed E-state index contributed by atoms with van der Waals surface area (Å²) in [4.78, 5) is 6.75. The average molecular weight is 490 g/mol. The van der Waals surface area contributed by atoms with E-state index in [-0.39, 0.29) is 17.9 Å². The molecule has 3 aromatic rings. The van der Waals surface area contributed by atoms with Crippen LogP contribution >= 0.6 is 23.2 Å². The Balaban J connectivity index is 1.54. The van der Waals surface area contributed by atoms with Crippen molar-refractivity contribution >= 4 is 23.2 Å². The number of halogens is 3. The Morgan fingerprint density at radius 3 is 2.79 bits per heavy atom. The molecule has 0 radical (unpaired) electrons. The van der Waals surface area contributed by atoms with Crippen molar-refractivity contribution in [3.8, 4) is 11.4 Å². The fourth-order valence-electron chi connectivity index (χ4n) is 5.04. The molecule has 1 fully saturated rings. The van der Waals surface area contributed by atoms with Crippen LogP contribution in [0.25, 0.3) is 5.69 Å². The van der Waals surface area contributed by atoms with E-state index in [1.807, 2.05) is 30.7 Å². The van der Waals surface area contributed by atoms with Gasteiger partial charge in [-0.05, 0) is 49.6 Å². The molecule has 2 aromatic carbocycles. The van der Waals surface area contributed by atoms with Crippen molar-refractivity contribution in [2.24, 2.45) is 0 Å². The normalized spacial score (nSPS) is 22.7. The highest BCUT2D eigenvalue weighted by molar-refractivity contribution is 6.35. The summed E-state index contributed by atoms with van der Waals surface area (Å²) in [5.41, 5.74) is 3.53. The third-order valence-corrected chi connectivity index (χ3v) is 7.15. The van der Waals surface area contributed by atoms with Gasteiger partial charge >= 0.3 is 0 Å². The lowest BCUT2D eigenvalue weighted by Gasteiger charge is -2.30. The summed E-state index contributed by atoms with van der Waals surface area (Å²) >= 11 is 12.8. The number of fused-ring (bicyclic) bond motifs is 1. The summed E-state index contributed by atoms with van der Waals surface area (Å²) in [5, 5.41) is 11.2. The molecule has 0 spiro atoms. The highest BCUT2D eigenvalue weighted by Gasteiger charge is 2.42. The first-order chi connectivity index (χ1) is 15.8. The maximum atomic E-state index is 15.0. The van der Waals surface area contributed by atoms with Crippen molar-refractivity contribution in [2.45, 2.75) is 51.4 Å². The van der Waals surface area contributed by atoms with E-state index >= 15 is 0 Å². The lowest BCUT2D eigenvalue weighted by molar-refractivity contribution is 0.0790. The number of hydrogen-bond acceptors (Lipinski definition) is 4. The van der Waals surface area contributed by atoms with Crippen molar-refractivity contribution in [1.82, 2.24) is 14.5 Å². The predicted molar refractivity (Wildman–Crippen MR) is 127 cm³/mol. The van der Waals surface area contributed by atoms with Crippen molar-refractivity contribution in [2.75, 3.05) is 13.1 Å². The molecule has 1 aromatic heterocycles. The van der Waals surface area contributed by atoms with Gasteiger partial charge in [0.2, 0.25) is 0 Å². The first-order valence-electron chi connectivity index (χ1n) is 11.3. The van der Waals surface area contributed by atoms with E-state index in [1.165, 1.54) is 6.07 Å². The van der Waals surface area contributed by atoms with E-state index in [9.17, 15) is 9.50 Å². The molecular weight excluding hydrogens is 464 g/mol. The second kappa shape index (κ2) is 8.91. The maximum Gasteiger partial charge on any atom is 0.165 e. The molecule has 8 heteroatoms. The van der Waals surface area contributed by atoms with Crippen LogP contribution in [-0.4, -0.2) is 44.8 Å². The van der Waals surface area contributed by atoms with Crippen LogP contribution in [0, 0.1) is 12.7 Å². The molecule has 1 unspecified atom stereocenters. The molecular formula is C25H26Cl2FN3O2. The van der Waals surface area contributed by atoms with E-state index in [1.54, 1.807) is 18.2 Å². The first kappa shape index (κ1) is 22.7. The van der Waals surface area contributed by atoms with Gasteiger partial charge in [0.25, 0.3) is 0 Å². The number of aryl methyl sites for hydroxylation is 2. The molecule has 1 aliphatic heterocycles. The van der Waals surface area contributed by atoms with Gasteiger partial charge in [0.05, 0.1) is 23.5 Å². The number of ether oxygens (including phenoxy) is 1. The Kier molecular flexibility index (Phi) is 6.12. The Morgan fingerprint density at radius 2 is 2.06 bits per heavy atom. The summed E-state index contributed by atoms with van der Waals surface area (Å²) in [6.07, 6.45) is 3.23. The summed E-state index contributed by atoms with van der Waals surface area (Å²) in [6.45, 7) is 5.29. The van der Waals surface area contributed by atoms with Gasteiger partial charge in [-0.25, -0.2) is 9.37 Å². The highest BCUT2D eigenvalue weighted by atomic mass is 35.5. The first-order valence-corrected chi connectivity index (χ1v) is 12.0. The van der Waals surface area contributed by atoms with Crippen LogP contribution in [0.3, 0.4) is 0 Å². The van der Waals surface area contributed by atoms with Gasteiger partial charge in [0.15, 0.2) is 11.6 Å². The lowest BCUT2D eigenvalue weighted by Crippen LogP contribution is -2.39. The Morgan fingerprint density at radius 1 is 1.24 bits per heavy atom. The number of likely N-dealkylation sites (tertiary alicyclic amines) is 1. The van der Waals surface area contributed by atoms with Crippen LogP contribution in [0.5, 0.6) is 5.75 Å². The van der Waals surface area contributed by atoms with Gasteiger partial charge in [-0.2, -0.15) is 0 Å². The van der Waals surface area contributed by atoms with E-state index in [0.717, 1.165) is 41.3 Å². The molecule has 5 rings (SSSR count). The Bertz CT molecular complexity index is 1200. The summed E-state index contributed by atoms with van der Waals surface area (Å²) in [6, 6.07) is 8.39. The van der Waals surface area contributed by atoms with Crippen molar-refractivity contribution in [3.05, 3.63) is 75.0 Å². The van der Waals surface area contributed by atoms with Crippen LogP contribution in [-0.2, 0) is 12.8 Å². The van der Waals surface area contributed by atoms with Crippen LogP contribution in [0.4, 0.5) is 4.39 Å². The van der Waals surface area contributed by atoms with E-state index in [2.05, 4.69) is 9.88 Å². The van der Waals surface area contributed by atoms with Gasteiger partial charge in [-0.15, -0.1) is 0 Å². The molecule has 0 bridgehead atoms. The SMILES string of the molecule is CCc1nc(C)cn1-c1ccc(F)c(O[C@H]2c3cc(Cl)cc(Cl)c3C[C@@H]2N2CCC(O)C2)c1.